The Balaban J connectivity index is 1.66. The summed E-state index contributed by atoms with van der Waals surface area (Å²) in [4.78, 5) is 1.24. The van der Waals surface area contributed by atoms with Crippen molar-refractivity contribution in [2.24, 2.45) is 0 Å². The molecule has 4 heteroatoms. The predicted octanol–water partition coefficient (Wildman–Crippen LogP) is 9.11. The molecule has 0 radical (unpaired) electrons. The Morgan fingerprint density at radius 3 is 2.03 bits per heavy atom. The molecule has 32 heavy (non-hydrogen) atoms. The molecule has 0 N–H and O–H groups in total. The molecule has 0 unspecified atom stereocenters. The molecule has 0 atom stereocenters. The third kappa shape index (κ3) is 2.04. The van der Waals surface area contributed by atoms with E-state index in [0.29, 0.717) is 0 Å². The van der Waals surface area contributed by atoms with Crippen molar-refractivity contribution in [3.8, 4) is 5.69 Å². The Kier molecular flexibility index (Phi) is 3.19. The van der Waals surface area contributed by atoms with E-state index in [0.717, 1.165) is 11.3 Å². The molecule has 0 aliphatic carbocycles. The van der Waals surface area contributed by atoms with Crippen molar-refractivity contribution in [1.29, 1.82) is 0 Å². The topological polar surface area (TPSA) is 18.1 Å². The van der Waals surface area contributed by atoms with Gasteiger partial charge in [0.15, 0.2) is 0 Å². The fourth-order valence-electron chi connectivity index (χ4n) is 5.12. The largest absolute Gasteiger partial charge is 0.439 e. The standard InChI is InChI=1S/C28H15NOS2/c1-4-12-20-16(8-1)25-26-18-10-3-6-14-22(18)32-28(26)29(27(25)30-20)19-11-7-15-23-24(19)17-9-2-5-13-21(17)31-23/h1-15H. The van der Waals surface area contributed by atoms with E-state index < -0.39 is 0 Å². The minimum absolute atomic E-state index is 0.931. The van der Waals surface area contributed by atoms with Crippen LogP contribution >= 0.6 is 22.7 Å². The molecule has 0 fully saturated rings. The molecule has 8 aromatic rings. The second kappa shape index (κ2) is 6.00. The SMILES string of the molecule is c1ccc2c(c1)oc1c2c2c3ccccc3sc2n1-c1cccc2sc3ccccc3c12. The van der Waals surface area contributed by atoms with E-state index in [1.165, 1.54) is 56.9 Å². The maximum Gasteiger partial charge on any atom is 0.214 e. The molecule has 0 spiro atoms. The Labute approximate surface area is 190 Å². The first-order chi connectivity index (χ1) is 15.9. The van der Waals surface area contributed by atoms with Crippen molar-refractivity contribution in [1.82, 2.24) is 4.57 Å². The third-order valence-corrected chi connectivity index (χ3v) is 8.72. The van der Waals surface area contributed by atoms with Crippen LogP contribution in [0.5, 0.6) is 0 Å². The van der Waals surface area contributed by atoms with Gasteiger partial charge in [0, 0.05) is 41.0 Å². The zero-order valence-corrected chi connectivity index (χ0v) is 18.5. The zero-order chi connectivity index (χ0) is 20.8. The summed E-state index contributed by atoms with van der Waals surface area (Å²) < 4.78 is 12.8. The zero-order valence-electron chi connectivity index (χ0n) is 16.8. The van der Waals surface area contributed by atoms with Crippen LogP contribution in [0.2, 0.25) is 0 Å². The summed E-state index contributed by atoms with van der Waals surface area (Å²) in [6.07, 6.45) is 0. The third-order valence-electron chi connectivity index (χ3n) is 6.43. The fourth-order valence-corrected chi connectivity index (χ4v) is 7.46. The molecule has 4 aromatic carbocycles. The van der Waals surface area contributed by atoms with Gasteiger partial charge in [-0.2, -0.15) is 0 Å². The Bertz CT molecular complexity index is 1910. The summed E-state index contributed by atoms with van der Waals surface area (Å²) >= 11 is 3.70. The normalized spacial score (nSPS) is 12.4. The monoisotopic (exact) mass is 445 g/mol. The Hall–Kier alpha value is -3.60. The molecule has 4 heterocycles. The van der Waals surface area contributed by atoms with Gasteiger partial charge in [0.25, 0.3) is 0 Å². The van der Waals surface area contributed by atoms with E-state index >= 15 is 0 Å². The Morgan fingerprint density at radius 1 is 0.531 bits per heavy atom. The number of nitrogens with zero attached hydrogens (tertiary/aromatic N) is 1. The summed E-state index contributed by atoms with van der Waals surface area (Å²) in [6, 6.07) is 32.4. The highest BCUT2D eigenvalue weighted by Gasteiger charge is 2.24. The van der Waals surface area contributed by atoms with Gasteiger partial charge in [-0.3, -0.25) is 4.57 Å². The van der Waals surface area contributed by atoms with E-state index in [-0.39, 0.29) is 0 Å². The maximum atomic E-state index is 6.54. The van der Waals surface area contributed by atoms with E-state index in [1.54, 1.807) is 0 Å². The van der Waals surface area contributed by atoms with Gasteiger partial charge in [-0.25, -0.2) is 0 Å². The van der Waals surface area contributed by atoms with Gasteiger partial charge in [-0.15, -0.1) is 22.7 Å². The predicted molar refractivity (Wildman–Crippen MR) is 139 cm³/mol. The number of fused-ring (bicyclic) bond motifs is 10. The van der Waals surface area contributed by atoms with Gasteiger partial charge in [0.2, 0.25) is 5.71 Å². The summed E-state index contributed by atoms with van der Waals surface area (Å²) in [5.41, 5.74) is 3.05. The van der Waals surface area contributed by atoms with Crippen molar-refractivity contribution in [2.75, 3.05) is 0 Å². The summed E-state index contributed by atoms with van der Waals surface area (Å²) in [5.74, 6) is 0. The lowest BCUT2D eigenvalue weighted by atomic mass is 10.1. The molecule has 0 aliphatic rings. The van der Waals surface area contributed by atoms with Gasteiger partial charge >= 0.3 is 0 Å². The van der Waals surface area contributed by atoms with Crippen LogP contribution in [-0.4, -0.2) is 4.57 Å². The van der Waals surface area contributed by atoms with Crippen LogP contribution in [-0.2, 0) is 0 Å². The van der Waals surface area contributed by atoms with Gasteiger partial charge < -0.3 is 4.42 Å². The molecule has 8 rings (SSSR count). The van der Waals surface area contributed by atoms with Crippen molar-refractivity contribution in [2.45, 2.75) is 0 Å². The van der Waals surface area contributed by atoms with E-state index in [9.17, 15) is 0 Å². The van der Waals surface area contributed by atoms with Gasteiger partial charge in [-0.1, -0.05) is 60.7 Å². The lowest BCUT2D eigenvalue weighted by Crippen LogP contribution is -1.92. The number of hydrogen-bond acceptors (Lipinski definition) is 3. The first kappa shape index (κ1) is 17.0. The number of aromatic nitrogens is 1. The van der Waals surface area contributed by atoms with Crippen LogP contribution in [0.1, 0.15) is 0 Å². The second-order valence-corrected chi connectivity index (χ2v) is 10.3. The second-order valence-electron chi connectivity index (χ2n) is 8.14. The van der Waals surface area contributed by atoms with Crippen LogP contribution in [0, 0.1) is 0 Å². The molecule has 0 bridgehead atoms. The number of para-hydroxylation sites is 1. The van der Waals surface area contributed by atoms with E-state index in [2.05, 4.69) is 89.5 Å². The van der Waals surface area contributed by atoms with Crippen molar-refractivity contribution >= 4 is 85.2 Å². The molecule has 150 valence electrons. The van der Waals surface area contributed by atoms with Crippen LogP contribution in [0.25, 0.3) is 68.2 Å². The van der Waals surface area contributed by atoms with Crippen LogP contribution in [0.3, 0.4) is 0 Å². The molecule has 0 saturated carbocycles. The fraction of sp³-hybridized carbons (Fsp3) is 0. The number of benzene rings is 4. The van der Waals surface area contributed by atoms with Gasteiger partial charge in [-0.05, 0) is 30.3 Å². The van der Waals surface area contributed by atoms with Crippen molar-refractivity contribution < 1.29 is 4.42 Å². The molecule has 0 saturated heterocycles. The molecule has 0 aliphatic heterocycles. The minimum Gasteiger partial charge on any atom is -0.439 e. The van der Waals surface area contributed by atoms with E-state index in [4.69, 9.17) is 4.42 Å². The summed E-state index contributed by atoms with van der Waals surface area (Å²) in [7, 11) is 0. The number of hydrogen-bond donors (Lipinski definition) is 0. The number of furan rings is 1. The molecule has 0 amide bonds. The first-order valence-corrected chi connectivity index (χ1v) is 12.3. The molecular weight excluding hydrogens is 430 g/mol. The summed E-state index contributed by atoms with van der Waals surface area (Å²) in [5, 5.41) is 7.58. The highest BCUT2D eigenvalue weighted by molar-refractivity contribution is 7.26. The van der Waals surface area contributed by atoms with Crippen LogP contribution in [0.4, 0.5) is 0 Å². The van der Waals surface area contributed by atoms with Crippen LogP contribution in [0.15, 0.2) is 95.4 Å². The maximum absolute atomic E-state index is 6.54. The van der Waals surface area contributed by atoms with Crippen molar-refractivity contribution in [3.05, 3.63) is 91.0 Å². The van der Waals surface area contributed by atoms with Crippen LogP contribution < -0.4 is 0 Å². The van der Waals surface area contributed by atoms with Gasteiger partial charge in [0.05, 0.1) is 11.1 Å². The molecule has 2 nitrogen and oxygen atoms in total. The lowest BCUT2D eigenvalue weighted by Gasteiger charge is -2.07. The number of thiophene rings is 2. The highest BCUT2D eigenvalue weighted by atomic mass is 32.1. The van der Waals surface area contributed by atoms with Crippen molar-refractivity contribution in [3.63, 3.8) is 0 Å². The number of rotatable bonds is 1. The minimum atomic E-state index is 0.931. The molecule has 4 aromatic heterocycles. The average Bonchev–Trinajstić information content (AvgIpc) is 3.55. The first-order valence-electron chi connectivity index (χ1n) is 10.6. The smallest absolute Gasteiger partial charge is 0.214 e. The quantitative estimate of drug-likeness (QED) is 0.246. The highest BCUT2D eigenvalue weighted by Crippen LogP contribution is 2.47. The van der Waals surface area contributed by atoms with Gasteiger partial charge in [0.1, 0.15) is 10.4 Å². The Morgan fingerprint density at radius 2 is 1.19 bits per heavy atom. The molecular formula is C28H15NOS2. The summed E-state index contributed by atoms with van der Waals surface area (Å²) in [6.45, 7) is 0. The average molecular weight is 446 g/mol. The van der Waals surface area contributed by atoms with E-state index in [1.807, 2.05) is 28.7 Å². The lowest BCUT2D eigenvalue weighted by molar-refractivity contribution is 0.646.